The van der Waals surface area contributed by atoms with Gasteiger partial charge in [-0.15, -0.1) is 0 Å². The van der Waals surface area contributed by atoms with Gasteiger partial charge in [-0.2, -0.15) is 0 Å². The molecule has 0 bridgehead atoms. The van der Waals surface area contributed by atoms with Gasteiger partial charge in [-0.1, -0.05) is 23.8 Å². The molecule has 158 valence electrons. The van der Waals surface area contributed by atoms with Gasteiger partial charge in [0.2, 0.25) is 15.9 Å². The van der Waals surface area contributed by atoms with Crippen LogP contribution in [0.4, 0.5) is 5.69 Å². The van der Waals surface area contributed by atoms with Crippen LogP contribution in [0, 0.1) is 13.8 Å². The van der Waals surface area contributed by atoms with Crippen molar-refractivity contribution in [2.45, 2.75) is 39.7 Å². The van der Waals surface area contributed by atoms with Crippen LogP contribution in [-0.2, 0) is 14.8 Å². The van der Waals surface area contributed by atoms with Gasteiger partial charge in [0.25, 0.3) is 0 Å². The molecule has 2 rings (SSSR count). The molecule has 0 heterocycles. The Hall–Kier alpha value is -2.54. The standard InChI is InChI=1S/C22H30N2O4S/c1-16-8-13-21(17(2)15-16)18(3)23-22(25)7-6-14-24(29(5,26)27)19-9-11-20(28-4)12-10-19/h8-13,15,18H,6-7,14H2,1-5H3,(H,23,25)/t18-/m0/s1. The SMILES string of the molecule is COc1ccc(N(CCCC(=O)N[C@@H](C)c2ccc(C)cc2C)S(C)(=O)=O)cc1. The molecular formula is C22H30N2O4S. The highest BCUT2D eigenvalue weighted by molar-refractivity contribution is 7.92. The Bertz CT molecular complexity index is 940. The number of amides is 1. The van der Waals surface area contributed by atoms with Gasteiger partial charge in [-0.3, -0.25) is 9.10 Å². The Morgan fingerprint density at radius 2 is 1.79 bits per heavy atom. The first-order valence-corrected chi connectivity index (χ1v) is 11.4. The molecule has 0 spiro atoms. The lowest BCUT2D eigenvalue weighted by Crippen LogP contribution is -2.32. The molecule has 0 aliphatic heterocycles. The van der Waals surface area contributed by atoms with E-state index in [2.05, 4.69) is 11.4 Å². The molecule has 0 radical (unpaired) electrons. The largest absolute Gasteiger partial charge is 0.497 e. The maximum absolute atomic E-state index is 12.4. The Balaban J connectivity index is 1.95. The number of nitrogens with one attached hydrogen (secondary N) is 1. The van der Waals surface area contributed by atoms with E-state index in [0.717, 1.165) is 11.1 Å². The summed E-state index contributed by atoms with van der Waals surface area (Å²) in [6, 6.07) is 12.9. The van der Waals surface area contributed by atoms with E-state index in [-0.39, 0.29) is 24.9 Å². The second-order valence-corrected chi connectivity index (χ2v) is 9.19. The molecule has 1 amide bonds. The van der Waals surface area contributed by atoms with E-state index >= 15 is 0 Å². The van der Waals surface area contributed by atoms with E-state index in [0.29, 0.717) is 17.9 Å². The van der Waals surface area contributed by atoms with E-state index < -0.39 is 10.0 Å². The fraction of sp³-hybridized carbons (Fsp3) is 0.409. The van der Waals surface area contributed by atoms with Crippen LogP contribution < -0.4 is 14.4 Å². The predicted octanol–water partition coefficient (Wildman–Crippen LogP) is 3.74. The molecule has 2 aromatic rings. The van der Waals surface area contributed by atoms with Crippen LogP contribution in [0.25, 0.3) is 0 Å². The number of carbonyl (C=O) groups excluding carboxylic acids is 1. The van der Waals surface area contributed by atoms with Gasteiger partial charge >= 0.3 is 0 Å². The second-order valence-electron chi connectivity index (χ2n) is 7.29. The number of ether oxygens (including phenoxy) is 1. The van der Waals surface area contributed by atoms with Gasteiger partial charge in [0.15, 0.2) is 0 Å². The van der Waals surface area contributed by atoms with E-state index in [1.165, 1.54) is 16.1 Å². The van der Waals surface area contributed by atoms with Crippen molar-refractivity contribution in [3.63, 3.8) is 0 Å². The quantitative estimate of drug-likeness (QED) is 0.673. The number of aryl methyl sites for hydroxylation is 2. The van der Waals surface area contributed by atoms with Crippen molar-refractivity contribution in [3.05, 3.63) is 59.2 Å². The minimum atomic E-state index is -3.45. The number of anilines is 1. The van der Waals surface area contributed by atoms with E-state index in [1.54, 1.807) is 31.4 Å². The molecule has 6 nitrogen and oxygen atoms in total. The molecule has 7 heteroatoms. The molecule has 0 saturated carbocycles. The molecule has 0 aliphatic carbocycles. The average molecular weight is 419 g/mol. The summed E-state index contributed by atoms with van der Waals surface area (Å²) in [6.07, 6.45) is 1.83. The van der Waals surface area contributed by atoms with Crippen LogP contribution in [0.2, 0.25) is 0 Å². The van der Waals surface area contributed by atoms with E-state index in [9.17, 15) is 13.2 Å². The monoisotopic (exact) mass is 418 g/mol. The van der Waals surface area contributed by atoms with Crippen LogP contribution in [0.5, 0.6) is 5.75 Å². The lowest BCUT2D eigenvalue weighted by Gasteiger charge is -2.23. The van der Waals surface area contributed by atoms with Gasteiger partial charge in [0.1, 0.15) is 5.75 Å². The van der Waals surface area contributed by atoms with Gasteiger partial charge < -0.3 is 10.1 Å². The molecule has 2 aromatic carbocycles. The van der Waals surface area contributed by atoms with Gasteiger partial charge in [0, 0.05) is 13.0 Å². The highest BCUT2D eigenvalue weighted by Crippen LogP contribution is 2.22. The topological polar surface area (TPSA) is 75.7 Å². The Labute approximate surface area is 173 Å². The van der Waals surface area contributed by atoms with Crippen LogP contribution in [0.1, 0.15) is 42.5 Å². The average Bonchev–Trinajstić information content (AvgIpc) is 2.64. The van der Waals surface area contributed by atoms with Crippen molar-refractivity contribution in [3.8, 4) is 5.75 Å². The Morgan fingerprint density at radius 1 is 1.14 bits per heavy atom. The van der Waals surface area contributed by atoms with Crippen molar-refractivity contribution in [1.82, 2.24) is 5.32 Å². The third kappa shape index (κ3) is 6.49. The zero-order valence-electron chi connectivity index (χ0n) is 17.7. The highest BCUT2D eigenvalue weighted by Gasteiger charge is 2.18. The number of carbonyl (C=O) groups is 1. The van der Waals surface area contributed by atoms with Crippen molar-refractivity contribution in [2.75, 3.05) is 24.2 Å². The number of hydrogen-bond donors (Lipinski definition) is 1. The third-order valence-corrected chi connectivity index (χ3v) is 5.99. The van der Waals surface area contributed by atoms with E-state index in [4.69, 9.17) is 4.74 Å². The fourth-order valence-electron chi connectivity index (χ4n) is 3.32. The summed E-state index contributed by atoms with van der Waals surface area (Å²) in [5, 5.41) is 3.00. The normalized spacial score (nSPS) is 12.3. The van der Waals surface area contributed by atoms with Crippen LogP contribution in [-0.4, -0.2) is 34.2 Å². The predicted molar refractivity (Wildman–Crippen MR) is 117 cm³/mol. The minimum Gasteiger partial charge on any atom is -0.497 e. The number of hydrogen-bond acceptors (Lipinski definition) is 4. The molecule has 29 heavy (non-hydrogen) atoms. The summed E-state index contributed by atoms with van der Waals surface area (Å²) < 4.78 is 30.8. The van der Waals surface area contributed by atoms with Crippen molar-refractivity contribution in [1.29, 1.82) is 0 Å². The lowest BCUT2D eigenvalue weighted by molar-refractivity contribution is -0.121. The smallest absolute Gasteiger partial charge is 0.232 e. The first kappa shape index (κ1) is 22.7. The summed E-state index contributed by atoms with van der Waals surface area (Å²) in [7, 11) is -1.89. The van der Waals surface area contributed by atoms with Crippen LogP contribution in [0.15, 0.2) is 42.5 Å². The van der Waals surface area contributed by atoms with Crippen molar-refractivity contribution in [2.24, 2.45) is 0 Å². The molecule has 1 atom stereocenters. The summed E-state index contributed by atoms with van der Waals surface area (Å²) in [5.74, 6) is 0.558. The molecule has 0 fully saturated rings. The van der Waals surface area contributed by atoms with Gasteiger partial charge in [-0.05, 0) is 62.6 Å². The summed E-state index contributed by atoms with van der Waals surface area (Å²) >= 11 is 0. The molecular weight excluding hydrogens is 388 g/mol. The fourth-order valence-corrected chi connectivity index (χ4v) is 4.29. The second kappa shape index (κ2) is 9.78. The van der Waals surface area contributed by atoms with Gasteiger partial charge in [0.05, 0.1) is 25.1 Å². The van der Waals surface area contributed by atoms with Crippen LogP contribution in [0.3, 0.4) is 0 Å². The number of methoxy groups -OCH3 is 1. The zero-order chi connectivity index (χ0) is 21.6. The maximum Gasteiger partial charge on any atom is 0.232 e. The lowest BCUT2D eigenvalue weighted by atomic mass is 10.00. The van der Waals surface area contributed by atoms with Crippen molar-refractivity contribution >= 4 is 21.6 Å². The first-order chi connectivity index (χ1) is 13.6. The summed E-state index contributed by atoms with van der Waals surface area (Å²) in [6.45, 7) is 6.26. The molecule has 0 aliphatic rings. The number of nitrogens with zero attached hydrogens (tertiary/aromatic N) is 1. The number of rotatable bonds is 9. The maximum atomic E-state index is 12.4. The Morgan fingerprint density at radius 3 is 2.34 bits per heavy atom. The molecule has 0 unspecified atom stereocenters. The summed E-state index contributed by atoms with van der Waals surface area (Å²) in [4.78, 5) is 12.4. The zero-order valence-corrected chi connectivity index (χ0v) is 18.5. The Kier molecular flexibility index (Phi) is 7.67. The van der Waals surface area contributed by atoms with Gasteiger partial charge in [-0.25, -0.2) is 8.42 Å². The summed E-state index contributed by atoms with van der Waals surface area (Å²) in [5.41, 5.74) is 3.96. The number of sulfonamides is 1. The highest BCUT2D eigenvalue weighted by atomic mass is 32.2. The molecule has 1 N–H and O–H groups in total. The molecule has 0 aromatic heterocycles. The van der Waals surface area contributed by atoms with Crippen molar-refractivity contribution < 1.29 is 17.9 Å². The first-order valence-electron chi connectivity index (χ1n) is 9.60. The van der Waals surface area contributed by atoms with Crippen LogP contribution >= 0.6 is 0 Å². The third-order valence-electron chi connectivity index (χ3n) is 4.80. The van der Waals surface area contributed by atoms with E-state index in [1.807, 2.05) is 32.9 Å². The molecule has 0 saturated heterocycles. The number of benzene rings is 2. The minimum absolute atomic E-state index is 0.0966.